The van der Waals surface area contributed by atoms with Crippen LogP contribution in [0.3, 0.4) is 0 Å². The standard InChI is InChI=1S/C12H22N4.ClH/c1-10-3-4-16(12(5-10)6-13)9-11-7-14-15(2)8-11;/h7-8,10,12H,3-6,9,13H2,1-2H3;1H. The van der Waals surface area contributed by atoms with Gasteiger partial charge in [0, 0.05) is 37.9 Å². The predicted octanol–water partition coefficient (Wildman–Crippen LogP) is 1.40. The van der Waals surface area contributed by atoms with Gasteiger partial charge in [-0.3, -0.25) is 9.58 Å². The fraction of sp³-hybridized carbons (Fsp3) is 0.750. The first kappa shape index (κ1) is 14.5. The highest BCUT2D eigenvalue weighted by molar-refractivity contribution is 5.85. The molecule has 1 fully saturated rings. The molecular formula is C12H23ClN4. The van der Waals surface area contributed by atoms with Crippen molar-refractivity contribution in [3.63, 3.8) is 0 Å². The highest BCUT2D eigenvalue weighted by Gasteiger charge is 2.25. The molecule has 98 valence electrons. The Labute approximate surface area is 110 Å². The van der Waals surface area contributed by atoms with Crippen LogP contribution in [0.2, 0.25) is 0 Å². The smallest absolute Gasteiger partial charge is 0.0534 e. The lowest BCUT2D eigenvalue weighted by Crippen LogP contribution is -2.45. The van der Waals surface area contributed by atoms with E-state index in [4.69, 9.17) is 5.73 Å². The zero-order chi connectivity index (χ0) is 11.5. The van der Waals surface area contributed by atoms with Gasteiger partial charge in [0.1, 0.15) is 0 Å². The molecule has 1 saturated heterocycles. The Balaban J connectivity index is 0.00000144. The van der Waals surface area contributed by atoms with Crippen LogP contribution in [0.25, 0.3) is 0 Å². The van der Waals surface area contributed by atoms with E-state index >= 15 is 0 Å². The van der Waals surface area contributed by atoms with Crippen LogP contribution in [0.4, 0.5) is 0 Å². The maximum Gasteiger partial charge on any atom is 0.0534 e. The van der Waals surface area contributed by atoms with Gasteiger partial charge in [0.2, 0.25) is 0 Å². The van der Waals surface area contributed by atoms with E-state index in [1.54, 1.807) is 0 Å². The molecule has 2 atom stereocenters. The summed E-state index contributed by atoms with van der Waals surface area (Å²) in [6.45, 7) is 5.25. The van der Waals surface area contributed by atoms with Gasteiger partial charge in [0.15, 0.2) is 0 Å². The maximum atomic E-state index is 5.85. The van der Waals surface area contributed by atoms with Crippen molar-refractivity contribution in [1.82, 2.24) is 14.7 Å². The number of piperidine rings is 1. The lowest BCUT2D eigenvalue weighted by molar-refractivity contribution is 0.115. The van der Waals surface area contributed by atoms with Crippen LogP contribution in [-0.2, 0) is 13.6 Å². The van der Waals surface area contributed by atoms with Crippen LogP contribution >= 0.6 is 12.4 Å². The third-order valence-corrected chi connectivity index (χ3v) is 3.52. The van der Waals surface area contributed by atoms with Crippen LogP contribution in [0.15, 0.2) is 12.4 Å². The van der Waals surface area contributed by atoms with Crippen molar-refractivity contribution in [3.8, 4) is 0 Å². The zero-order valence-electron chi connectivity index (χ0n) is 10.7. The number of hydrogen-bond donors (Lipinski definition) is 1. The van der Waals surface area contributed by atoms with Gasteiger partial charge in [-0.15, -0.1) is 12.4 Å². The van der Waals surface area contributed by atoms with Gasteiger partial charge >= 0.3 is 0 Å². The second kappa shape index (κ2) is 6.38. The third kappa shape index (κ3) is 3.69. The molecule has 0 saturated carbocycles. The van der Waals surface area contributed by atoms with E-state index in [0.717, 1.165) is 25.6 Å². The molecule has 0 amide bonds. The van der Waals surface area contributed by atoms with Gasteiger partial charge < -0.3 is 5.73 Å². The summed E-state index contributed by atoms with van der Waals surface area (Å²) in [6.07, 6.45) is 6.56. The number of hydrogen-bond acceptors (Lipinski definition) is 3. The Morgan fingerprint density at radius 1 is 1.53 bits per heavy atom. The summed E-state index contributed by atoms with van der Waals surface area (Å²) in [5, 5.41) is 4.21. The lowest BCUT2D eigenvalue weighted by Gasteiger charge is -2.37. The maximum absolute atomic E-state index is 5.85. The molecule has 2 unspecified atom stereocenters. The van der Waals surface area contributed by atoms with Crippen molar-refractivity contribution in [2.45, 2.75) is 32.4 Å². The quantitative estimate of drug-likeness (QED) is 0.892. The van der Waals surface area contributed by atoms with Gasteiger partial charge in [0.05, 0.1) is 6.20 Å². The molecule has 2 rings (SSSR count). The summed E-state index contributed by atoms with van der Waals surface area (Å²) in [4.78, 5) is 2.50. The Kier molecular flexibility index (Phi) is 5.43. The Hall–Kier alpha value is -0.580. The number of halogens is 1. The number of likely N-dealkylation sites (tertiary alicyclic amines) is 1. The molecule has 2 heterocycles. The lowest BCUT2D eigenvalue weighted by atomic mass is 9.92. The van der Waals surface area contributed by atoms with Crippen LogP contribution in [-0.4, -0.2) is 33.8 Å². The van der Waals surface area contributed by atoms with Crippen molar-refractivity contribution < 1.29 is 0 Å². The van der Waals surface area contributed by atoms with Crippen LogP contribution in [0.5, 0.6) is 0 Å². The summed E-state index contributed by atoms with van der Waals surface area (Å²) < 4.78 is 1.86. The molecule has 0 aliphatic carbocycles. The van der Waals surface area contributed by atoms with E-state index in [2.05, 4.69) is 23.1 Å². The fourth-order valence-corrected chi connectivity index (χ4v) is 2.54. The highest BCUT2D eigenvalue weighted by atomic mass is 35.5. The predicted molar refractivity (Wildman–Crippen MR) is 72.1 cm³/mol. The molecule has 5 heteroatoms. The van der Waals surface area contributed by atoms with Gasteiger partial charge in [-0.05, 0) is 25.3 Å². The van der Waals surface area contributed by atoms with Crippen molar-refractivity contribution in [2.75, 3.05) is 13.1 Å². The number of rotatable bonds is 3. The molecule has 0 bridgehead atoms. The molecule has 0 aromatic carbocycles. The minimum atomic E-state index is 0. The average molecular weight is 259 g/mol. The van der Waals surface area contributed by atoms with Crippen LogP contribution in [0.1, 0.15) is 25.3 Å². The van der Waals surface area contributed by atoms with E-state index in [9.17, 15) is 0 Å². The average Bonchev–Trinajstić information content (AvgIpc) is 2.67. The Morgan fingerprint density at radius 2 is 2.29 bits per heavy atom. The third-order valence-electron chi connectivity index (χ3n) is 3.52. The van der Waals surface area contributed by atoms with Gasteiger partial charge in [0.25, 0.3) is 0 Å². The number of nitrogens with two attached hydrogens (primary N) is 1. The van der Waals surface area contributed by atoms with Gasteiger partial charge in [-0.25, -0.2) is 0 Å². The number of aryl methyl sites for hydroxylation is 1. The molecule has 1 aliphatic heterocycles. The van der Waals surface area contributed by atoms with E-state index in [0.29, 0.717) is 6.04 Å². The van der Waals surface area contributed by atoms with Crippen molar-refractivity contribution >= 4 is 12.4 Å². The molecule has 1 aromatic heterocycles. The summed E-state index contributed by atoms with van der Waals surface area (Å²) in [5.41, 5.74) is 7.14. The van der Waals surface area contributed by atoms with Crippen LogP contribution in [0, 0.1) is 5.92 Å². The van der Waals surface area contributed by atoms with Crippen molar-refractivity contribution in [3.05, 3.63) is 18.0 Å². The molecule has 0 spiro atoms. The molecule has 1 aromatic rings. The topological polar surface area (TPSA) is 47.1 Å². The summed E-state index contributed by atoms with van der Waals surface area (Å²) in [7, 11) is 1.96. The van der Waals surface area contributed by atoms with Crippen molar-refractivity contribution in [2.24, 2.45) is 18.7 Å². The van der Waals surface area contributed by atoms with Gasteiger partial charge in [-0.2, -0.15) is 5.10 Å². The molecule has 0 radical (unpaired) electrons. The monoisotopic (exact) mass is 258 g/mol. The molecule has 2 N–H and O–H groups in total. The number of nitrogens with zero attached hydrogens (tertiary/aromatic N) is 3. The SMILES string of the molecule is CC1CCN(Cc2cnn(C)c2)C(CN)C1.Cl. The second-order valence-electron chi connectivity index (χ2n) is 5.01. The van der Waals surface area contributed by atoms with E-state index in [1.807, 2.05) is 17.9 Å². The van der Waals surface area contributed by atoms with E-state index in [1.165, 1.54) is 18.4 Å². The fourth-order valence-electron chi connectivity index (χ4n) is 2.54. The highest BCUT2D eigenvalue weighted by Crippen LogP contribution is 2.23. The minimum absolute atomic E-state index is 0. The van der Waals surface area contributed by atoms with Crippen molar-refractivity contribution in [1.29, 1.82) is 0 Å². The summed E-state index contributed by atoms with van der Waals surface area (Å²) in [5.74, 6) is 0.818. The second-order valence-corrected chi connectivity index (χ2v) is 5.01. The zero-order valence-corrected chi connectivity index (χ0v) is 11.5. The molecule has 4 nitrogen and oxygen atoms in total. The molecule has 1 aliphatic rings. The molecule has 17 heavy (non-hydrogen) atoms. The molecular weight excluding hydrogens is 236 g/mol. The van der Waals surface area contributed by atoms with Crippen LogP contribution < -0.4 is 5.73 Å². The van der Waals surface area contributed by atoms with Gasteiger partial charge in [-0.1, -0.05) is 6.92 Å². The Bertz CT molecular complexity index is 339. The van der Waals surface area contributed by atoms with E-state index in [-0.39, 0.29) is 12.4 Å². The number of aromatic nitrogens is 2. The summed E-state index contributed by atoms with van der Waals surface area (Å²) >= 11 is 0. The normalized spacial score (nSPS) is 25.6. The first-order valence-corrected chi connectivity index (χ1v) is 6.10. The summed E-state index contributed by atoms with van der Waals surface area (Å²) in [6, 6.07) is 0.545. The first-order chi connectivity index (χ1) is 7.69. The first-order valence-electron chi connectivity index (χ1n) is 6.10. The largest absolute Gasteiger partial charge is 0.329 e. The Morgan fingerprint density at radius 3 is 2.88 bits per heavy atom. The van der Waals surface area contributed by atoms with E-state index < -0.39 is 0 Å². The minimum Gasteiger partial charge on any atom is -0.329 e.